The predicted molar refractivity (Wildman–Crippen MR) is 122 cm³/mol. The second kappa shape index (κ2) is 15.0. The Bertz CT molecular complexity index is 508. The topological polar surface area (TPSA) is 78.4 Å². The fourth-order valence-corrected chi connectivity index (χ4v) is 3.19. The molecule has 0 aliphatic carbocycles. The summed E-state index contributed by atoms with van der Waals surface area (Å²) in [6.45, 7) is 10.4. The molecular formula is C19H36IN5O3. The summed E-state index contributed by atoms with van der Waals surface area (Å²) in [6.07, 6.45) is 4.21. The number of carbonyl (C=O) groups is 1. The van der Waals surface area contributed by atoms with Crippen LogP contribution in [0.1, 0.15) is 19.8 Å². The van der Waals surface area contributed by atoms with Crippen LogP contribution in [0.4, 0.5) is 0 Å². The Morgan fingerprint density at radius 1 is 1.29 bits per heavy atom. The number of rotatable bonds is 9. The van der Waals surface area contributed by atoms with Gasteiger partial charge in [0, 0.05) is 52.9 Å². The molecule has 162 valence electrons. The quantitative estimate of drug-likeness (QED) is 0.157. The molecule has 0 aromatic heterocycles. The highest BCUT2D eigenvalue weighted by Gasteiger charge is 2.21. The number of methoxy groups -OCH3 is 1. The molecule has 2 aliphatic heterocycles. The van der Waals surface area contributed by atoms with Crippen LogP contribution in [0.15, 0.2) is 16.6 Å². The van der Waals surface area contributed by atoms with Crippen molar-refractivity contribution in [1.29, 1.82) is 0 Å². The summed E-state index contributed by atoms with van der Waals surface area (Å²) in [5, 5.41) is 6.27. The normalized spacial score (nSPS) is 18.3. The summed E-state index contributed by atoms with van der Waals surface area (Å²) in [5.74, 6) is 1.04. The number of nitrogens with one attached hydrogen (secondary N) is 2. The van der Waals surface area contributed by atoms with Crippen LogP contribution >= 0.6 is 24.0 Å². The summed E-state index contributed by atoms with van der Waals surface area (Å²) >= 11 is 0. The zero-order valence-electron chi connectivity index (χ0n) is 17.2. The number of hydrogen-bond acceptors (Lipinski definition) is 5. The molecule has 2 heterocycles. The number of aliphatic imine (C=N–C) groups is 1. The highest BCUT2D eigenvalue weighted by Crippen LogP contribution is 2.12. The van der Waals surface area contributed by atoms with E-state index in [1.165, 1.54) is 5.57 Å². The second-order valence-corrected chi connectivity index (χ2v) is 6.78. The first-order valence-electron chi connectivity index (χ1n) is 9.99. The molecule has 2 rings (SSSR count). The molecule has 8 nitrogen and oxygen atoms in total. The van der Waals surface area contributed by atoms with E-state index in [9.17, 15) is 4.79 Å². The van der Waals surface area contributed by atoms with E-state index < -0.39 is 0 Å². The minimum atomic E-state index is 0. The SMILES string of the molecule is CCNC(=NCCC1=CCOCC1)N1CCN(CC(=O)NCCOC)CC1.I. The van der Waals surface area contributed by atoms with E-state index in [0.717, 1.165) is 71.3 Å². The van der Waals surface area contributed by atoms with E-state index >= 15 is 0 Å². The molecule has 0 aromatic carbocycles. The molecule has 1 amide bonds. The number of hydrogen-bond donors (Lipinski definition) is 2. The van der Waals surface area contributed by atoms with Crippen molar-refractivity contribution in [2.45, 2.75) is 19.8 Å². The largest absolute Gasteiger partial charge is 0.383 e. The van der Waals surface area contributed by atoms with Gasteiger partial charge in [-0.1, -0.05) is 11.6 Å². The van der Waals surface area contributed by atoms with Crippen molar-refractivity contribution in [3.05, 3.63) is 11.6 Å². The van der Waals surface area contributed by atoms with E-state index in [0.29, 0.717) is 19.7 Å². The number of piperazine rings is 1. The maximum absolute atomic E-state index is 11.9. The van der Waals surface area contributed by atoms with Crippen LogP contribution in [-0.2, 0) is 14.3 Å². The van der Waals surface area contributed by atoms with Crippen molar-refractivity contribution in [2.75, 3.05) is 79.3 Å². The number of ether oxygens (including phenoxy) is 2. The first-order valence-corrected chi connectivity index (χ1v) is 9.99. The minimum Gasteiger partial charge on any atom is -0.383 e. The maximum Gasteiger partial charge on any atom is 0.234 e. The third-order valence-corrected chi connectivity index (χ3v) is 4.75. The number of nitrogens with zero attached hydrogens (tertiary/aromatic N) is 3. The van der Waals surface area contributed by atoms with Crippen molar-refractivity contribution in [3.8, 4) is 0 Å². The molecule has 0 spiro atoms. The maximum atomic E-state index is 11.9. The number of halogens is 1. The van der Waals surface area contributed by atoms with Gasteiger partial charge in [0.15, 0.2) is 5.96 Å². The lowest BCUT2D eigenvalue weighted by atomic mass is 10.1. The first kappa shape index (κ1) is 25.1. The lowest BCUT2D eigenvalue weighted by molar-refractivity contribution is -0.122. The molecule has 2 N–H and O–H groups in total. The van der Waals surface area contributed by atoms with Crippen LogP contribution in [0.3, 0.4) is 0 Å². The zero-order chi connectivity index (χ0) is 19.3. The van der Waals surface area contributed by atoms with Gasteiger partial charge in [0.1, 0.15) is 0 Å². The van der Waals surface area contributed by atoms with Gasteiger partial charge in [0.05, 0.1) is 26.4 Å². The third kappa shape index (κ3) is 9.53. The van der Waals surface area contributed by atoms with Crippen LogP contribution in [0, 0.1) is 0 Å². The van der Waals surface area contributed by atoms with Crippen LogP contribution in [0.25, 0.3) is 0 Å². The van der Waals surface area contributed by atoms with Gasteiger partial charge in [-0.3, -0.25) is 14.7 Å². The average Bonchev–Trinajstić information content (AvgIpc) is 2.69. The standard InChI is InChI=1S/C19H35N5O3.HI/c1-3-20-19(22-7-4-17-5-13-27-14-6-17)24-11-9-23(10-12-24)16-18(25)21-8-15-26-2;/h5H,3-4,6-16H2,1-2H3,(H,20,22)(H,21,25);1H. The van der Waals surface area contributed by atoms with E-state index in [1.54, 1.807) is 7.11 Å². The monoisotopic (exact) mass is 509 g/mol. The smallest absolute Gasteiger partial charge is 0.234 e. The molecule has 2 aliphatic rings. The van der Waals surface area contributed by atoms with Gasteiger partial charge in [-0.05, 0) is 19.8 Å². The summed E-state index contributed by atoms with van der Waals surface area (Å²) in [5.41, 5.74) is 1.45. The van der Waals surface area contributed by atoms with E-state index in [1.807, 2.05) is 0 Å². The lowest BCUT2D eigenvalue weighted by Gasteiger charge is -2.36. The van der Waals surface area contributed by atoms with E-state index in [2.05, 4.69) is 33.4 Å². The average molecular weight is 509 g/mol. The molecule has 1 fully saturated rings. The molecular weight excluding hydrogens is 473 g/mol. The van der Waals surface area contributed by atoms with Gasteiger partial charge < -0.3 is 25.0 Å². The molecule has 0 radical (unpaired) electrons. The fourth-order valence-electron chi connectivity index (χ4n) is 3.19. The van der Waals surface area contributed by atoms with Crippen LogP contribution in [-0.4, -0.2) is 101 Å². The molecule has 28 heavy (non-hydrogen) atoms. The second-order valence-electron chi connectivity index (χ2n) is 6.78. The van der Waals surface area contributed by atoms with E-state index in [4.69, 9.17) is 14.5 Å². The van der Waals surface area contributed by atoms with Crippen molar-refractivity contribution in [2.24, 2.45) is 4.99 Å². The van der Waals surface area contributed by atoms with Gasteiger partial charge in [-0.15, -0.1) is 24.0 Å². The number of carbonyl (C=O) groups excluding carboxylic acids is 1. The minimum absolute atomic E-state index is 0. The van der Waals surface area contributed by atoms with Crippen molar-refractivity contribution in [1.82, 2.24) is 20.4 Å². The van der Waals surface area contributed by atoms with Gasteiger partial charge in [0.25, 0.3) is 0 Å². The Kier molecular flexibility index (Phi) is 13.5. The first-order chi connectivity index (χ1) is 13.2. The third-order valence-electron chi connectivity index (χ3n) is 4.75. The van der Waals surface area contributed by atoms with Crippen molar-refractivity contribution >= 4 is 35.8 Å². The van der Waals surface area contributed by atoms with E-state index in [-0.39, 0.29) is 29.9 Å². The Hall–Kier alpha value is -0.910. The van der Waals surface area contributed by atoms with Gasteiger partial charge in [-0.2, -0.15) is 0 Å². The summed E-state index contributed by atoms with van der Waals surface area (Å²) in [6, 6.07) is 0. The molecule has 0 aromatic rings. The van der Waals surface area contributed by atoms with Gasteiger partial charge >= 0.3 is 0 Å². The Labute approximate surface area is 186 Å². The molecule has 0 unspecified atom stereocenters. The molecule has 0 atom stereocenters. The van der Waals surface area contributed by atoms with Crippen LogP contribution in [0.2, 0.25) is 0 Å². The summed E-state index contributed by atoms with van der Waals surface area (Å²) in [7, 11) is 1.63. The highest BCUT2D eigenvalue weighted by atomic mass is 127. The highest BCUT2D eigenvalue weighted by molar-refractivity contribution is 14.0. The van der Waals surface area contributed by atoms with Crippen molar-refractivity contribution in [3.63, 3.8) is 0 Å². The molecule has 9 heteroatoms. The Morgan fingerprint density at radius 2 is 2.07 bits per heavy atom. The number of amides is 1. The fraction of sp³-hybridized carbons (Fsp3) is 0.789. The van der Waals surface area contributed by atoms with Crippen LogP contribution < -0.4 is 10.6 Å². The molecule has 0 saturated carbocycles. The Balaban J connectivity index is 0.00000392. The zero-order valence-corrected chi connectivity index (χ0v) is 19.6. The van der Waals surface area contributed by atoms with Crippen molar-refractivity contribution < 1.29 is 14.3 Å². The Morgan fingerprint density at radius 3 is 2.71 bits per heavy atom. The molecule has 1 saturated heterocycles. The van der Waals surface area contributed by atoms with Gasteiger partial charge in [0.2, 0.25) is 5.91 Å². The lowest BCUT2D eigenvalue weighted by Crippen LogP contribution is -2.54. The number of guanidine groups is 1. The molecule has 0 bridgehead atoms. The predicted octanol–water partition coefficient (Wildman–Crippen LogP) is 0.687. The summed E-state index contributed by atoms with van der Waals surface area (Å²) < 4.78 is 10.3. The summed E-state index contributed by atoms with van der Waals surface area (Å²) in [4.78, 5) is 21.2. The van der Waals surface area contributed by atoms with Crippen LogP contribution in [0.5, 0.6) is 0 Å². The van der Waals surface area contributed by atoms with Gasteiger partial charge in [-0.25, -0.2) is 0 Å².